The lowest BCUT2D eigenvalue weighted by molar-refractivity contribution is -0.192. The van der Waals surface area contributed by atoms with Crippen molar-refractivity contribution in [1.29, 1.82) is 0 Å². The van der Waals surface area contributed by atoms with E-state index in [1.807, 2.05) is 12.1 Å². The van der Waals surface area contributed by atoms with Crippen molar-refractivity contribution in [3.8, 4) is 0 Å². The molecule has 1 heterocycles. The van der Waals surface area contributed by atoms with Crippen molar-refractivity contribution in [2.24, 2.45) is 0 Å². The van der Waals surface area contributed by atoms with Gasteiger partial charge in [-0.2, -0.15) is 13.2 Å². The number of benzene rings is 1. The minimum atomic E-state index is -5.08. The summed E-state index contributed by atoms with van der Waals surface area (Å²) in [5, 5.41) is 11.3. The molecule has 0 spiro atoms. The molecule has 0 atom stereocenters. The van der Waals surface area contributed by atoms with Crippen molar-refractivity contribution >= 4 is 29.2 Å². The summed E-state index contributed by atoms with van der Waals surface area (Å²) in [6, 6.07) is 6.62. The highest BCUT2D eigenvalue weighted by Crippen LogP contribution is 2.25. The van der Waals surface area contributed by atoms with E-state index in [2.05, 4.69) is 15.3 Å². The number of nitrogens with one attached hydrogen (secondary N) is 1. The molecule has 1 aromatic heterocycles. The Bertz CT molecular complexity index is 791. The quantitative estimate of drug-likeness (QED) is 0.498. The molecule has 154 valence electrons. The number of alkyl halides is 5. The predicted octanol–water partition coefficient (Wildman–Crippen LogP) is 4.69. The summed E-state index contributed by atoms with van der Waals surface area (Å²) in [6.45, 7) is 1.09. The van der Waals surface area contributed by atoms with Crippen LogP contribution in [0, 0.1) is 0 Å². The van der Waals surface area contributed by atoms with Gasteiger partial charge in [-0.05, 0) is 17.7 Å². The van der Waals surface area contributed by atoms with Gasteiger partial charge in [0.15, 0.2) is 0 Å². The lowest BCUT2D eigenvalue weighted by Gasteiger charge is -2.08. The smallest absolute Gasteiger partial charge is 0.475 e. The van der Waals surface area contributed by atoms with Crippen LogP contribution in [0.3, 0.4) is 0 Å². The third kappa shape index (κ3) is 8.32. The number of hydrogen-bond acceptors (Lipinski definition) is 4. The van der Waals surface area contributed by atoms with Gasteiger partial charge in [-0.1, -0.05) is 35.3 Å². The number of nitrogens with zero attached hydrogens (tertiary/aromatic N) is 2. The van der Waals surface area contributed by atoms with Crippen molar-refractivity contribution < 1.29 is 31.9 Å². The van der Waals surface area contributed by atoms with E-state index in [4.69, 9.17) is 33.1 Å². The maximum atomic E-state index is 12.5. The third-order valence-corrected chi connectivity index (χ3v) is 3.92. The zero-order valence-electron chi connectivity index (χ0n) is 14.0. The maximum absolute atomic E-state index is 12.5. The fourth-order valence-electron chi connectivity index (χ4n) is 1.77. The average Bonchev–Trinajstić information content (AvgIpc) is 2.62. The Morgan fingerprint density at radius 2 is 1.86 bits per heavy atom. The zero-order valence-corrected chi connectivity index (χ0v) is 15.5. The van der Waals surface area contributed by atoms with E-state index >= 15 is 0 Å². The molecule has 0 aliphatic heterocycles. The fourth-order valence-corrected chi connectivity index (χ4v) is 2.15. The van der Waals surface area contributed by atoms with Crippen molar-refractivity contribution in [3.05, 3.63) is 57.6 Å². The molecule has 0 aliphatic carbocycles. The van der Waals surface area contributed by atoms with Crippen LogP contribution in [0.4, 0.5) is 22.0 Å². The van der Waals surface area contributed by atoms with Crippen LogP contribution in [0.2, 0.25) is 10.0 Å². The number of halogens is 7. The molecule has 1 aromatic carbocycles. The van der Waals surface area contributed by atoms with E-state index in [0.29, 0.717) is 35.4 Å². The van der Waals surface area contributed by atoms with Gasteiger partial charge in [0, 0.05) is 25.7 Å². The third-order valence-electron chi connectivity index (χ3n) is 3.07. The zero-order chi connectivity index (χ0) is 21.3. The summed E-state index contributed by atoms with van der Waals surface area (Å²) < 4.78 is 56.7. The van der Waals surface area contributed by atoms with Crippen LogP contribution in [0.15, 0.2) is 30.5 Å². The monoisotopic (exact) mass is 445 g/mol. The Labute approximate surface area is 166 Å². The largest absolute Gasteiger partial charge is 0.490 e. The van der Waals surface area contributed by atoms with Crippen molar-refractivity contribution in [3.63, 3.8) is 0 Å². The second-order valence-corrected chi connectivity index (χ2v) is 5.93. The molecule has 0 amide bonds. The Kier molecular flexibility index (Phi) is 9.50. The molecular formula is C16H14Cl2F5N3O2. The molecule has 0 saturated carbocycles. The Balaban J connectivity index is 0.000000480. The summed E-state index contributed by atoms with van der Waals surface area (Å²) >= 11 is 12.0. The van der Waals surface area contributed by atoms with Gasteiger partial charge < -0.3 is 10.4 Å². The van der Waals surface area contributed by atoms with Gasteiger partial charge in [0.05, 0.1) is 10.0 Å². The molecule has 0 unspecified atom stereocenters. The molecule has 28 heavy (non-hydrogen) atoms. The highest BCUT2D eigenvalue weighted by Gasteiger charge is 2.38. The predicted molar refractivity (Wildman–Crippen MR) is 92.6 cm³/mol. The number of aliphatic carboxylic acids is 1. The van der Waals surface area contributed by atoms with Crippen molar-refractivity contribution in [1.82, 2.24) is 15.3 Å². The van der Waals surface area contributed by atoms with Crippen LogP contribution in [-0.2, 0) is 17.8 Å². The second-order valence-electron chi connectivity index (χ2n) is 5.14. The molecule has 0 fully saturated rings. The van der Waals surface area contributed by atoms with Crippen LogP contribution < -0.4 is 5.32 Å². The highest BCUT2D eigenvalue weighted by molar-refractivity contribution is 6.42. The van der Waals surface area contributed by atoms with Crippen LogP contribution in [0.5, 0.6) is 0 Å². The van der Waals surface area contributed by atoms with E-state index < -0.39 is 18.6 Å². The van der Waals surface area contributed by atoms with Crippen LogP contribution in [-0.4, -0.2) is 33.8 Å². The average molecular weight is 446 g/mol. The number of hydrogen-bond donors (Lipinski definition) is 2. The van der Waals surface area contributed by atoms with Crippen molar-refractivity contribution in [2.75, 3.05) is 6.54 Å². The summed E-state index contributed by atoms with van der Waals surface area (Å²) in [4.78, 5) is 16.7. The normalized spacial score (nSPS) is 11.1. The molecule has 0 aliphatic rings. The van der Waals surface area contributed by atoms with E-state index in [-0.39, 0.29) is 5.69 Å². The topological polar surface area (TPSA) is 75.1 Å². The van der Waals surface area contributed by atoms with Gasteiger partial charge in [0.1, 0.15) is 11.5 Å². The Hall–Kier alpha value is -2.04. The van der Waals surface area contributed by atoms with Gasteiger partial charge in [0.25, 0.3) is 6.43 Å². The molecular weight excluding hydrogens is 432 g/mol. The number of carbonyl (C=O) groups is 1. The summed E-state index contributed by atoms with van der Waals surface area (Å²) in [6.07, 6.45) is -5.86. The number of carboxylic acid groups (broad SMARTS) is 1. The first-order chi connectivity index (χ1) is 13.0. The fraction of sp³-hybridized carbons (Fsp3) is 0.312. The lowest BCUT2D eigenvalue weighted by atomic mass is 10.2. The molecule has 0 bridgehead atoms. The van der Waals surface area contributed by atoms with Crippen molar-refractivity contribution in [2.45, 2.75) is 25.6 Å². The summed E-state index contributed by atoms with van der Waals surface area (Å²) in [7, 11) is 0. The number of rotatable bonds is 6. The number of aromatic nitrogens is 2. The summed E-state index contributed by atoms with van der Waals surface area (Å²) in [5.41, 5.74) is 0.629. The first-order valence-corrected chi connectivity index (χ1v) is 8.31. The first kappa shape index (κ1) is 24.0. The molecule has 0 radical (unpaired) electrons. The van der Waals surface area contributed by atoms with Crippen LogP contribution in [0.1, 0.15) is 23.5 Å². The van der Waals surface area contributed by atoms with E-state index in [1.54, 1.807) is 6.07 Å². The lowest BCUT2D eigenvalue weighted by Crippen LogP contribution is -2.21. The molecule has 12 heteroatoms. The van der Waals surface area contributed by atoms with Crippen LogP contribution in [0.25, 0.3) is 0 Å². The van der Waals surface area contributed by atoms with Crippen LogP contribution >= 0.6 is 23.2 Å². The van der Waals surface area contributed by atoms with E-state index in [0.717, 1.165) is 5.56 Å². The molecule has 2 N–H and O–H groups in total. The summed E-state index contributed by atoms with van der Waals surface area (Å²) in [5.74, 6) is -2.37. The maximum Gasteiger partial charge on any atom is 0.490 e. The number of carboxylic acids is 1. The van der Waals surface area contributed by atoms with Gasteiger partial charge in [-0.15, -0.1) is 0 Å². The second kappa shape index (κ2) is 11.1. The van der Waals surface area contributed by atoms with Gasteiger partial charge in [-0.25, -0.2) is 23.5 Å². The SMILES string of the molecule is FC(F)c1ccnc(CCNCc2cccc(Cl)c2Cl)n1.O=C(O)C(F)(F)F. The van der Waals surface area contributed by atoms with E-state index in [9.17, 15) is 22.0 Å². The first-order valence-electron chi connectivity index (χ1n) is 7.56. The Morgan fingerprint density at radius 1 is 1.21 bits per heavy atom. The minimum absolute atomic E-state index is 0.252. The van der Waals surface area contributed by atoms with Gasteiger partial charge in [0.2, 0.25) is 0 Å². The van der Waals surface area contributed by atoms with Gasteiger partial charge >= 0.3 is 12.1 Å². The standard InChI is InChI=1S/C14H13Cl2F2N3.C2HF3O2/c15-10-3-1-2-9(13(10)16)8-19-6-5-12-20-7-4-11(21-12)14(17)18;3-2(4,5)1(6)7/h1-4,7,14,19H,5-6,8H2;(H,6,7). The minimum Gasteiger partial charge on any atom is -0.475 e. The molecule has 5 nitrogen and oxygen atoms in total. The highest BCUT2D eigenvalue weighted by atomic mass is 35.5. The Morgan fingerprint density at radius 3 is 2.43 bits per heavy atom. The molecule has 2 rings (SSSR count). The van der Waals surface area contributed by atoms with Gasteiger partial charge in [-0.3, -0.25) is 0 Å². The molecule has 0 saturated heterocycles. The molecule has 2 aromatic rings. The van der Waals surface area contributed by atoms with E-state index in [1.165, 1.54) is 12.3 Å².